The third-order valence-corrected chi connectivity index (χ3v) is 5.27. The van der Waals surface area contributed by atoms with Crippen molar-refractivity contribution in [3.05, 3.63) is 29.5 Å². The van der Waals surface area contributed by atoms with E-state index >= 15 is 0 Å². The Morgan fingerprint density at radius 3 is 2.81 bits per heavy atom. The number of H-pyrrole nitrogens is 1. The minimum Gasteiger partial charge on any atom is -0.497 e. The van der Waals surface area contributed by atoms with Crippen molar-refractivity contribution in [1.29, 1.82) is 0 Å². The molecule has 4 heteroatoms. The number of rotatable bonds is 1. The van der Waals surface area contributed by atoms with Gasteiger partial charge in [0.05, 0.1) is 12.6 Å². The minimum absolute atomic E-state index is 0.145. The Labute approximate surface area is 125 Å². The van der Waals surface area contributed by atoms with E-state index in [1.54, 1.807) is 7.11 Å². The summed E-state index contributed by atoms with van der Waals surface area (Å²) >= 11 is 0. The largest absolute Gasteiger partial charge is 0.497 e. The summed E-state index contributed by atoms with van der Waals surface area (Å²) in [7, 11) is 3.95. The molecule has 2 aliphatic heterocycles. The van der Waals surface area contributed by atoms with Crippen molar-refractivity contribution < 1.29 is 4.74 Å². The zero-order chi connectivity index (χ0) is 14.4. The van der Waals surface area contributed by atoms with Gasteiger partial charge in [0.15, 0.2) is 0 Å². The van der Waals surface area contributed by atoms with Gasteiger partial charge >= 0.3 is 0 Å². The number of benzene rings is 1. The van der Waals surface area contributed by atoms with Crippen LogP contribution in [0.4, 0.5) is 0 Å². The van der Waals surface area contributed by atoms with Gasteiger partial charge in [-0.1, -0.05) is 0 Å². The Bertz CT molecular complexity index is 668. The topological polar surface area (TPSA) is 40.3 Å². The molecule has 0 saturated carbocycles. The van der Waals surface area contributed by atoms with Gasteiger partial charge in [0, 0.05) is 23.1 Å². The van der Waals surface area contributed by atoms with Crippen LogP contribution in [0.25, 0.3) is 10.9 Å². The Hall–Kier alpha value is -1.52. The highest BCUT2D eigenvalue weighted by Crippen LogP contribution is 2.40. The van der Waals surface area contributed by atoms with E-state index in [4.69, 9.17) is 4.74 Å². The predicted octanol–water partition coefficient (Wildman–Crippen LogP) is 2.24. The van der Waals surface area contributed by atoms with Crippen LogP contribution in [-0.2, 0) is 12.0 Å². The van der Waals surface area contributed by atoms with E-state index in [1.807, 2.05) is 6.07 Å². The van der Waals surface area contributed by atoms with Crippen molar-refractivity contribution in [3.8, 4) is 5.75 Å². The summed E-state index contributed by atoms with van der Waals surface area (Å²) in [5.74, 6) is 0.945. The van der Waals surface area contributed by atoms with Crippen LogP contribution in [0.2, 0.25) is 0 Å². The first kappa shape index (κ1) is 13.2. The fourth-order valence-corrected chi connectivity index (χ4v) is 3.96. The third kappa shape index (κ3) is 1.97. The monoisotopic (exact) mass is 285 g/mol. The number of aromatic amines is 1. The predicted molar refractivity (Wildman–Crippen MR) is 85.0 cm³/mol. The molecule has 1 fully saturated rings. The smallest absolute Gasteiger partial charge is 0.119 e. The highest BCUT2D eigenvalue weighted by molar-refractivity contribution is 5.86. The van der Waals surface area contributed by atoms with Gasteiger partial charge in [0.25, 0.3) is 0 Å². The highest BCUT2D eigenvalue weighted by Gasteiger charge is 2.40. The molecule has 1 aromatic carbocycles. The number of ether oxygens (including phenoxy) is 1. The van der Waals surface area contributed by atoms with E-state index < -0.39 is 0 Å². The van der Waals surface area contributed by atoms with Crippen molar-refractivity contribution in [2.24, 2.45) is 0 Å². The van der Waals surface area contributed by atoms with Crippen LogP contribution in [0.15, 0.2) is 18.2 Å². The van der Waals surface area contributed by atoms with Crippen LogP contribution >= 0.6 is 0 Å². The maximum absolute atomic E-state index is 5.40. The van der Waals surface area contributed by atoms with Gasteiger partial charge in [-0.05, 0) is 63.2 Å². The number of methoxy groups -OCH3 is 1. The first-order chi connectivity index (χ1) is 10.2. The number of fused-ring (bicyclic) bond motifs is 4. The molecular formula is C17H23N3O. The minimum atomic E-state index is 0.145. The number of piperidine rings is 1. The van der Waals surface area contributed by atoms with Crippen molar-refractivity contribution >= 4 is 10.9 Å². The Kier molecular flexibility index (Phi) is 2.98. The van der Waals surface area contributed by atoms with Crippen LogP contribution in [0.3, 0.4) is 0 Å². The second-order valence-corrected chi connectivity index (χ2v) is 6.45. The number of nitrogens with zero attached hydrogens (tertiary/aromatic N) is 1. The standard InChI is InChI=1S/C17H23N3O/c1-20-9-6-17(7-10-20)16-13(5-8-18-17)14-11-12(21-2)3-4-15(14)19-16/h3-4,11,18-19H,5-10H2,1-2H3. The van der Waals surface area contributed by atoms with Crippen LogP contribution < -0.4 is 10.1 Å². The summed E-state index contributed by atoms with van der Waals surface area (Å²) in [6.07, 6.45) is 3.46. The van der Waals surface area contributed by atoms with E-state index in [-0.39, 0.29) is 5.54 Å². The van der Waals surface area contributed by atoms with Crippen molar-refractivity contribution in [2.45, 2.75) is 24.8 Å². The lowest BCUT2D eigenvalue weighted by Crippen LogP contribution is -2.53. The first-order valence-electron chi connectivity index (χ1n) is 7.84. The van der Waals surface area contributed by atoms with Crippen LogP contribution in [0, 0.1) is 0 Å². The molecule has 2 N–H and O–H groups in total. The molecule has 0 amide bonds. The van der Waals surface area contributed by atoms with Gasteiger partial charge < -0.3 is 19.9 Å². The molecule has 0 radical (unpaired) electrons. The molecule has 2 aliphatic rings. The van der Waals surface area contributed by atoms with Gasteiger partial charge in [-0.3, -0.25) is 0 Å². The number of likely N-dealkylation sites (tertiary alicyclic amines) is 1. The molecule has 3 heterocycles. The summed E-state index contributed by atoms with van der Waals surface area (Å²) in [6.45, 7) is 3.39. The molecule has 0 unspecified atom stereocenters. The van der Waals surface area contributed by atoms with E-state index in [9.17, 15) is 0 Å². The zero-order valence-corrected chi connectivity index (χ0v) is 12.8. The van der Waals surface area contributed by atoms with E-state index in [0.717, 1.165) is 31.8 Å². The van der Waals surface area contributed by atoms with E-state index in [1.165, 1.54) is 35.0 Å². The number of nitrogens with one attached hydrogen (secondary N) is 2. The molecule has 112 valence electrons. The summed E-state index contributed by atoms with van der Waals surface area (Å²) in [4.78, 5) is 6.13. The van der Waals surface area contributed by atoms with Crippen LogP contribution in [-0.4, -0.2) is 43.7 Å². The molecule has 4 nitrogen and oxygen atoms in total. The zero-order valence-electron chi connectivity index (χ0n) is 12.8. The molecule has 4 rings (SSSR count). The molecule has 1 aromatic heterocycles. The summed E-state index contributed by atoms with van der Waals surface area (Å²) in [5, 5.41) is 5.15. The highest BCUT2D eigenvalue weighted by atomic mass is 16.5. The molecule has 0 bridgehead atoms. The summed E-state index contributed by atoms with van der Waals surface area (Å²) in [5.41, 5.74) is 4.30. The third-order valence-electron chi connectivity index (χ3n) is 5.27. The van der Waals surface area contributed by atoms with Crippen molar-refractivity contribution in [2.75, 3.05) is 33.8 Å². The maximum Gasteiger partial charge on any atom is 0.119 e. The van der Waals surface area contributed by atoms with E-state index in [2.05, 4.69) is 34.4 Å². The summed E-state index contributed by atoms with van der Waals surface area (Å²) in [6, 6.07) is 6.37. The van der Waals surface area contributed by atoms with Gasteiger partial charge in [0.1, 0.15) is 5.75 Å². The van der Waals surface area contributed by atoms with E-state index in [0.29, 0.717) is 0 Å². The molecule has 0 atom stereocenters. The van der Waals surface area contributed by atoms with Crippen LogP contribution in [0.1, 0.15) is 24.1 Å². The average Bonchev–Trinajstić information content (AvgIpc) is 2.90. The van der Waals surface area contributed by atoms with Gasteiger partial charge in [-0.2, -0.15) is 0 Å². The Balaban J connectivity index is 1.84. The summed E-state index contributed by atoms with van der Waals surface area (Å²) < 4.78 is 5.40. The second kappa shape index (κ2) is 4.75. The average molecular weight is 285 g/mol. The SMILES string of the molecule is COc1ccc2[nH]c3c(c2c1)CCNC31CCN(C)CC1. The molecule has 21 heavy (non-hydrogen) atoms. The fourth-order valence-electron chi connectivity index (χ4n) is 3.96. The van der Waals surface area contributed by atoms with Crippen LogP contribution in [0.5, 0.6) is 5.75 Å². The molecule has 1 spiro atoms. The Morgan fingerprint density at radius 2 is 2.05 bits per heavy atom. The number of aromatic nitrogens is 1. The van der Waals surface area contributed by atoms with Crippen molar-refractivity contribution in [3.63, 3.8) is 0 Å². The number of hydrogen-bond acceptors (Lipinski definition) is 3. The normalized spacial score (nSPS) is 21.6. The molecular weight excluding hydrogens is 262 g/mol. The van der Waals surface area contributed by atoms with Gasteiger partial charge in [0.2, 0.25) is 0 Å². The lowest BCUT2D eigenvalue weighted by Gasteiger charge is -2.44. The fraction of sp³-hybridized carbons (Fsp3) is 0.529. The second-order valence-electron chi connectivity index (χ2n) is 6.45. The van der Waals surface area contributed by atoms with Gasteiger partial charge in [-0.15, -0.1) is 0 Å². The Morgan fingerprint density at radius 1 is 1.24 bits per heavy atom. The van der Waals surface area contributed by atoms with Crippen molar-refractivity contribution in [1.82, 2.24) is 15.2 Å². The lowest BCUT2D eigenvalue weighted by atomic mass is 9.79. The molecule has 0 aliphatic carbocycles. The number of hydrogen-bond donors (Lipinski definition) is 2. The first-order valence-corrected chi connectivity index (χ1v) is 7.84. The van der Waals surface area contributed by atoms with Gasteiger partial charge in [-0.25, -0.2) is 0 Å². The maximum atomic E-state index is 5.40. The quantitative estimate of drug-likeness (QED) is 0.844. The molecule has 2 aromatic rings. The lowest BCUT2D eigenvalue weighted by molar-refractivity contribution is 0.147. The molecule has 1 saturated heterocycles.